The van der Waals surface area contributed by atoms with Crippen LogP contribution >= 0.6 is 0 Å². The van der Waals surface area contributed by atoms with Gasteiger partial charge in [0.2, 0.25) is 23.6 Å². The average molecular weight is 711 g/mol. The van der Waals surface area contributed by atoms with E-state index in [1.165, 1.54) is 51.4 Å². The molecule has 0 bridgehead atoms. The Morgan fingerprint density at radius 2 is 0.880 bits per heavy atom. The first kappa shape index (κ1) is 47.3. The van der Waals surface area contributed by atoms with E-state index in [0.717, 1.165) is 19.3 Å². The van der Waals surface area contributed by atoms with Crippen LogP contribution in [0.25, 0.3) is 0 Å². The van der Waals surface area contributed by atoms with Crippen molar-refractivity contribution in [3.05, 3.63) is 0 Å². The summed E-state index contributed by atoms with van der Waals surface area (Å²) in [6, 6.07) is -3.86. The molecular formula is C38H74N6O6. The van der Waals surface area contributed by atoms with E-state index in [9.17, 15) is 29.1 Å². The highest BCUT2D eigenvalue weighted by atomic mass is 16.4. The first-order valence-corrected chi connectivity index (χ1v) is 19.7. The lowest BCUT2D eigenvalue weighted by atomic mass is 9.99. The molecule has 12 nitrogen and oxygen atoms in total. The predicted molar refractivity (Wildman–Crippen MR) is 201 cm³/mol. The second kappa shape index (κ2) is 29.9. The van der Waals surface area contributed by atoms with Gasteiger partial charge in [-0.3, -0.25) is 19.2 Å². The molecule has 0 aromatic heterocycles. The number of carboxylic acids is 1. The zero-order chi connectivity index (χ0) is 37.7. The van der Waals surface area contributed by atoms with Crippen molar-refractivity contribution in [1.82, 2.24) is 21.3 Å². The molecule has 0 spiro atoms. The molecule has 4 amide bonds. The van der Waals surface area contributed by atoms with Crippen LogP contribution in [0.3, 0.4) is 0 Å². The van der Waals surface area contributed by atoms with E-state index in [1.807, 2.05) is 27.7 Å². The van der Waals surface area contributed by atoms with Crippen LogP contribution in [0, 0.1) is 11.8 Å². The van der Waals surface area contributed by atoms with Gasteiger partial charge in [-0.2, -0.15) is 0 Å². The Hall–Kier alpha value is -2.73. The van der Waals surface area contributed by atoms with E-state index in [2.05, 4.69) is 28.2 Å². The number of hydrogen-bond donors (Lipinski definition) is 7. The first-order chi connectivity index (χ1) is 23.9. The maximum absolute atomic E-state index is 13.6. The van der Waals surface area contributed by atoms with Gasteiger partial charge in [0, 0.05) is 6.42 Å². The van der Waals surface area contributed by atoms with Crippen molar-refractivity contribution < 1.29 is 29.1 Å². The number of carbonyl (C=O) groups is 5. The highest BCUT2D eigenvalue weighted by Gasteiger charge is 2.32. The molecule has 0 fully saturated rings. The van der Waals surface area contributed by atoms with Crippen molar-refractivity contribution in [2.75, 3.05) is 13.1 Å². The largest absolute Gasteiger partial charge is 0.480 e. The Bertz CT molecular complexity index is 947. The number of rotatable bonds is 32. The van der Waals surface area contributed by atoms with E-state index in [0.29, 0.717) is 58.0 Å². The molecule has 9 N–H and O–H groups in total. The zero-order valence-electron chi connectivity index (χ0n) is 32.2. The summed E-state index contributed by atoms with van der Waals surface area (Å²) < 4.78 is 0. The smallest absolute Gasteiger partial charge is 0.326 e. The van der Waals surface area contributed by atoms with Crippen LogP contribution in [-0.4, -0.2) is 72.0 Å². The van der Waals surface area contributed by atoms with Gasteiger partial charge in [-0.25, -0.2) is 4.79 Å². The van der Waals surface area contributed by atoms with Gasteiger partial charge >= 0.3 is 5.97 Å². The van der Waals surface area contributed by atoms with E-state index in [1.54, 1.807) is 0 Å². The van der Waals surface area contributed by atoms with Crippen LogP contribution in [-0.2, 0) is 24.0 Å². The van der Waals surface area contributed by atoms with Gasteiger partial charge in [-0.15, -0.1) is 0 Å². The van der Waals surface area contributed by atoms with Gasteiger partial charge in [0.05, 0.1) is 0 Å². The molecule has 0 aromatic rings. The molecule has 0 unspecified atom stereocenters. The van der Waals surface area contributed by atoms with Crippen molar-refractivity contribution in [1.29, 1.82) is 0 Å². The third-order valence-corrected chi connectivity index (χ3v) is 8.85. The van der Waals surface area contributed by atoms with Crippen molar-refractivity contribution in [3.8, 4) is 0 Å². The van der Waals surface area contributed by atoms with Crippen molar-refractivity contribution in [2.24, 2.45) is 23.3 Å². The van der Waals surface area contributed by atoms with Crippen molar-refractivity contribution in [2.45, 2.75) is 187 Å². The van der Waals surface area contributed by atoms with Crippen LogP contribution in [0.5, 0.6) is 0 Å². The monoisotopic (exact) mass is 711 g/mol. The Balaban J connectivity index is 5.36. The predicted octanol–water partition coefficient (Wildman–Crippen LogP) is 5.06. The van der Waals surface area contributed by atoms with Gasteiger partial charge < -0.3 is 37.8 Å². The minimum atomic E-state index is -1.15. The maximum atomic E-state index is 13.6. The molecule has 0 aliphatic rings. The van der Waals surface area contributed by atoms with Crippen molar-refractivity contribution >= 4 is 29.6 Å². The number of nitrogens with two attached hydrogens (primary N) is 2. The molecule has 0 heterocycles. The van der Waals surface area contributed by atoms with E-state index in [4.69, 9.17) is 11.5 Å². The zero-order valence-corrected chi connectivity index (χ0v) is 32.2. The Labute approximate surface area is 303 Å². The van der Waals surface area contributed by atoms with Gasteiger partial charge in [-0.05, 0) is 82.7 Å². The molecule has 0 aliphatic heterocycles. The molecule has 0 aromatic carbocycles. The Kier molecular flexibility index (Phi) is 28.3. The highest BCUT2D eigenvalue weighted by Crippen LogP contribution is 2.14. The van der Waals surface area contributed by atoms with Gasteiger partial charge in [0.1, 0.15) is 24.2 Å². The fraction of sp³-hybridized carbons (Fsp3) is 0.868. The third kappa shape index (κ3) is 24.4. The highest BCUT2D eigenvalue weighted by molar-refractivity contribution is 5.95. The molecule has 0 saturated carbocycles. The number of hydrogen-bond acceptors (Lipinski definition) is 7. The summed E-state index contributed by atoms with van der Waals surface area (Å²) in [4.78, 5) is 65.2. The summed E-state index contributed by atoms with van der Waals surface area (Å²) in [5.74, 6) is -2.85. The number of aliphatic carboxylic acids is 1. The fourth-order valence-corrected chi connectivity index (χ4v) is 5.95. The molecule has 0 radical (unpaired) electrons. The molecule has 292 valence electrons. The Morgan fingerprint density at radius 1 is 0.500 bits per heavy atom. The van der Waals surface area contributed by atoms with Gasteiger partial charge in [0.15, 0.2) is 0 Å². The standard InChI is InChI=1S/C38H74N6O6/c1-6-7-8-9-10-11-12-13-14-15-16-23-34(45)41-30(21-17-19-24-39)35(46)43-33(27-29(4)5)37(48)44-32(26-28(2)3)36(47)42-31(38(49)50)22-18-20-25-40/h28-33H,6-27,39-40H2,1-5H3,(H,41,45)(H,42,47)(H,43,46)(H,44,48)(H,49,50)/t30-,31-,32+,33-/m0/s1. The molecule has 12 heteroatoms. The molecule has 4 atom stereocenters. The quantitative estimate of drug-likeness (QED) is 0.0469. The summed E-state index contributed by atoms with van der Waals surface area (Å²) in [7, 11) is 0. The summed E-state index contributed by atoms with van der Waals surface area (Å²) in [5.41, 5.74) is 11.2. The number of amides is 4. The van der Waals surface area contributed by atoms with Crippen LogP contribution < -0.4 is 32.7 Å². The molecule has 50 heavy (non-hydrogen) atoms. The lowest BCUT2D eigenvalue weighted by Gasteiger charge is -2.27. The summed E-state index contributed by atoms with van der Waals surface area (Å²) in [5, 5.41) is 20.8. The maximum Gasteiger partial charge on any atom is 0.326 e. The number of carbonyl (C=O) groups excluding carboxylic acids is 4. The first-order valence-electron chi connectivity index (χ1n) is 19.7. The Morgan fingerprint density at radius 3 is 1.28 bits per heavy atom. The number of nitrogens with one attached hydrogen (secondary N) is 4. The van der Waals surface area contributed by atoms with Gasteiger partial charge in [0.25, 0.3) is 0 Å². The normalized spacial score (nSPS) is 13.8. The topological polar surface area (TPSA) is 206 Å². The van der Waals surface area contributed by atoms with Crippen molar-refractivity contribution in [3.63, 3.8) is 0 Å². The minimum absolute atomic E-state index is 0.0205. The van der Waals surface area contributed by atoms with Crippen LogP contribution in [0.15, 0.2) is 0 Å². The van der Waals surface area contributed by atoms with Gasteiger partial charge in [-0.1, -0.05) is 98.8 Å². The lowest BCUT2D eigenvalue weighted by molar-refractivity contribution is -0.142. The number of unbranched alkanes of at least 4 members (excludes halogenated alkanes) is 12. The molecular weight excluding hydrogens is 636 g/mol. The van der Waals surface area contributed by atoms with Crippen LogP contribution in [0.1, 0.15) is 163 Å². The fourth-order valence-electron chi connectivity index (χ4n) is 5.95. The number of carboxylic acid groups (broad SMARTS) is 1. The second-order valence-corrected chi connectivity index (χ2v) is 14.8. The van der Waals surface area contributed by atoms with E-state index < -0.39 is 47.9 Å². The third-order valence-electron chi connectivity index (χ3n) is 8.85. The SMILES string of the molecule is CCCCCCCCCCCCCC(=O)N[C@@H](CCCCN)C(=O)N[C@@H](CC(C)C)C(=O)N[C@H](CC(C)C)C(=O)N[C@@H](CCCCN)C(=O)O. The average Bonchev–Trinajstić information content (AvgIpc) is 3.05. The van der Waals surface area contributed by atoms with Crippen LogP contribution in [0.4, 0.5) is 0 Å². The summed E-state index contributed by atoms with van der Waals surface area (Å²) >= 11 is 0. The molecule has 0 aliphatic carbocycles. The summed E-state index contributed by atoms with van der Waals surface area (Å²) in [6.07, 6.45) is 17.1. The molecule has 0 rings (SSSR count). The lowest BCUT2D eigenvalue weighted by Crippen LogP contribution is -2.58. The summed E-state index contributed by atoms with van der Waals surface area (Å²) in [6.45, 7) is 10.8. The molecule has 0 saturated heterocycles. The van der Waals surface area contributed by atoms with E-state index >= 15 is 0 Å². The van der Waals surface area contributed by atoms with E-state index in [-0.39, 0.29) is 30.6 Å². The van der Waals surface area contributed by atoms with Crippen LogP contribution in [0.2, 0.25) is 0 Å². The second-order valence-electron chi connectivity index (χ2n) is 14.8. The minimum Gasteiger partial charge on any atom is -0.480 e.